The van der Waals surface area contributed by atoms with Gasteiger partial charge in [0.05, 0.1) is 5.52 Å². The lowest BCUT2D eigenvalue weighted by Crippen LogP contribution is -1.80. The van der Waals surface area contributed by atoms with Crippen molar-refractivity contribution >= 4 is 16.3 Å². The molecule has 0 atom stereocenters. The second-order valence-corrected chi connectivity index (χ2v) is 4.91. The van der Waals surface area contributed by atoms with Crippen molar-refractivity contribution < 1.29 is 4.39 Å². The molecule has 0 saturated carbocycles. The number of nitrogens with zero attached hydrogens (tertiary/aromatic N) is 1. The van der Waals surface area contributed by atoms with Gasteiger partial charge in [-0.3, -0.25) is 0 Å². The number of halogens is 1. The zero-order valence-electron chi connectivity index (χ0n) is 10.8. The van der Waals surface area contributed by atoms with E-state index in [-0.39, 0.29) is 5.82 Å². The van der Waals surface area contributed by atoms with Crippen molar-refractivity contribution in [1.29, 1.82) is 0 Å². The van der Waals surface area contributed by atoms with Crippen molar-refractivity contribution in [2.24, 2.45) is 0 Å². The average molecular weight is 261 g/mol. The lowest BCUT2D eigenvalue weighted by molar-refractivity contribution is 0.643. The lowest BCUT2D eigenvalue weighted by atomic mass is 10.0. The maximum absolute atomic E-state index is 14.5. The van der Waals surface area contributed by atoms with Gasteiger partial charge in [0, 0.05) is 18.0 Å². The number of aromatic nitrogens is 1. The van der Waals surface area contributed by atoms with Crippen LogP contribution in [0.1, 0.15) is 0 Å². The van der Waals surface area contributed by atoms with Gasteiger partial charge in [0.2, 0.25) is 0 Å². The minimum atomic E-state index is -0.166. The summed E-state index contributed by atoms with van der Waals surface area (Å²) in [5.41, 5.74) is 2.16. The van der Waals surface area contributed by atoms with Crippen LogP contribution in [0.2, 0.25) is 0 Å². The molecule has 4 aromatic rings. The molecular weight excluding hydrogens is 249 g/mol. The molecule has 20 heavy (non-hydrogen) atoms. The summed E-state index contributed by atoms with van der Waals surface area (Å²) in [6.07, 6.45) is 3.71. The second kappa shape index (κ2) is 4.20. The van der Waals surface area contributed by atoms with Crippen molar-refractivity contribution in [2.75, 3.05) is 0 Å². The Morgan fingerprint density at radius 1 is 0.800 bits per heavy atom. The molecule has 0 aliphatic rings. The van der Waals surface area contributed by atoms with E-state index in [1.54, 1.807) is 6.07 Å². The van der Waals surface area contributed by atoms with Crippen LogP contribution in [-0.2, 0) is 0 Å². The van der Waals surface area contributed by atoms with Crippen molar-refractivity contribution in [1.82, 2.24) is 4.40 Å². The SMILES string of the molecule is Fc1c(-c2ccc3ccccc3c2)cn2ccccc12. The third-order valence-corrected chi connectivity index (χ3v) is 3.68. The molecular formula is C18H12FN. The van der Waals surface area contributed by atoms with Gasteiger partial charge in [0.1, 0.15) is 0 Å². The van der Waals surface area contributed by atoms with E-state index in [0.717, 1.165) is 10.9 Å². The highest BCUT2D eigenvalue weighted by molar-refractivity contribution is 5.88. The summed E-state index contributed by atoms with van der Waals surface area (Å²) in [5.74, 6) is -0.166. The molecule has 0 aliphatic heterocycles. The summed E-state index contributed by atoms with van der Waals surface area (Å²) in [5, 5.41) is 2.29. The van der Waals surface area contributed by atoms with Crippen LogP contribution in [0, 0.1) is 5.82 Å². The molecule has 0 amide bonds. The van der Waals surface area contributed by atoms with Gasteiger partial charge in [-0.2, -0.15) is 0 Å². The first-order valence-corrected chi connectivity index (χ1v) is 6.57. The summed E-state index contributed by atoms with van der Waals surface area (Å²) in [6, 6.07) is 19.7. The Kier molecular flexibility index (Phi) is 2.36. The van der Waals surface area contributed by atoms with Crippen LogP contribution >= 0.6 is 0 Å². The first-order valence-electron chi connectivity index (χ1n) is 6.57. The number of hydrogen-bond donors (Lipinski definition) is 0. The zero-order valence-corrected chi connectivity index (χ0v) is 10.8. The standard InChI is InChI=1S/C18H12FN/c19-18-16(12-20-10-4-3-7-17(18)20)15-9-8-13-5-1-2-6-14(13)11-15/h1-12H. The van der Waals surface area contributed by atoms with Gasteiger partial charge in [-0.05, 0) is 34.5 Å². The van der Waals surface area contributed by atoms with Gasteiger partial charge in [-0.1, -0.05) is 42.5 Å². The Morgan fingerprint density at radius 2 is 1.60 bits per heavy atom. The number of rotatable bonds is 1. The van der Waals surface area contributed by atoms with Crippen LogP contribution in [0.15, 0.2) is 73.1 Å². The summed E-state index contributed by atoms with van der Waals surface area (Å²) in [6.45, 7) is 0. The monoisotopic (exact) mass is 261 g/mol. The third kappa shape index (κ3) is 1.62. The smallest absolute Gasteiger partial charge is 0.156 e. The normalized spacial score (nSPS) is 11.2. The second-order valence-electron chi connectivity index (χ2n) is 4.91. The van der Waals surface area contributed by atoms with Gasteiger partial charge in [0.25, 0.3) is 0 Å². The predicted octanol–water partition coefficient (Wildman–Crippen LogP) is 4.90. The molecule has 2 aromatic heterocycles. The molecule has 0 bridgehead atoms. The minimum absolute atomic E-state index is 0.166. The molecule has 4 rings (SSSR count). The Hall–Kier alpha value is -2.61. The molecule has 0 fully saturated rings. The minimum Gasteiger partial charge on any atom is -0.321 e. The number of fused-ring (bicyclic) bond motifs is 2. The van der Waals surface area contributed by atoms with E-state index in [0.29, 0.717) is 11.1 Å². The van der Waals surface area contributed by atoms with E-state index in [1.807, 2.05) is 65.3 Å². The van der Waals surface area contributed by atoms with Gasteiger partial charge in [-0.15, -0.1) is 0 Å². The predicted molar refractivity (Wildman–Crippen MR) is 80.3 cm³/mol. The summed E-state index contributed by atoms with van der Waals surface area (Å²) >= 11 is 0. The maximum Gasteiger partial charge on any atom is 0.156 e. The molecule has 0 aliphatic carbocycles. The topological polar surface area (TPSA) is 4.41 Å². The Balaban J connectivity index is 1.98. The highest BCUT2D eigenvalue weighted by Gasteiger charge is 2.11. The van der Waals surface area contributed by atoms with Gasteiger partial charge in [-0.25, -0.2) is 4.39 Å². The van der Waals surface area contributed by atoms with Gasteiger partial charge in [0.15, 0.2) is 5.82 Å². The van der Waals surface area contributed by atoms with Crippen molar-refractivity contribution in [3.63, 3.8) is 0 Å². The molecule has 0 radical (unpaired) electrons. The van der Waals surface area contributed by atoms with E-state index >= 15 is 0 Å². The van der Waals surface area contributed by atoms with Crippen molar-refractivity contribution in [3.8, 4) is 11.1 Å². The number of pyridine rings is 1. The van der Waals surface area contributed by atoms with Crippen molar-refractivity contribution in [2.45, 2.75) is 0 Å². The average Bonchev–Trinajstić information content (AvgIpc) is 2.84. The summed E-state index contributed by atoms with van der Waals surface area (Å²) in [4.78, 5) is 0. The fraction of sp³-hybridized carbons (Fsp3) is 0. The molecule has 0 saturated heterocycles. The van der Waals surface area contributed by atoms with Crippen LogP contribution in [0.5, 0.6) is 0 Å². The molecule has 2 aromatic carbocycles. The fourth-order valence-corrected chi connectivity index (χ4v) is 2.65. The molecule has 2 heterocycles. The molecule has 0 spiro atoms. The van der Waals surface area contributed by atoms with E-state index in [1.165, 1.54) is 5.39 Å². The molecule has 96 valence electrons. The van der Waals surface area contributed by atoms with Crippen LogP contribution in [0.3, 0.4) is 0 Å². The van der Waals surface area contributed by atoms with Gasteiger partial charge < -0.3 is 4.40 Å². The first kappa shape index (κ1) is 11.2. The largest absolute Gasteiger partial charge is 0.321 e. The van der Waals surface area contributed by atoms with Crippen molar-refractivity contribution in [3.05, 3.63) is 78.9 Å². The van der Waals surface area contributed by atoms with Crippen LogP contribution in [0.25, 0.3) is 27.4 Å². The van der Waals surface area contributed by atoms with Gasteiger partial charge >= 0.3 is 0 Å². The third-order valence-electron chi connectivity index (χ3n) is 3.68. The van der Waals surface area contributed by atoms with Crippen LogP contribution < -0.4 is 0 Å². The Morgan fingerprint density at radius 3 is 2.45 bits per heavy atom. The number of benzene rings is 2. The van der Waals surface area contributed by atoms with Crippen LogP contribution in [0.4, 0.5) is 4.39 Å². The van der Waals surface area contributed by atoms with Crippen LogP contribution in [-0.4, -0.2) is 4.40 Å². The lowest BCUT2D eigenvalue weighted by Gasteiger charge is -2.02. The van der Waals surface area contributed by atoms with E-state index < -0.39 is 0 Å². The highest BCUT2D eigenvalue weighted by atomic mass is 19.1. The molecule has 1 nitrogen and oxygen atoms in total. The fourth-order valence-electron chi connectivity index (χ4n) is 2.65. The van der Waals surface area contributed by atoms with E-state index in [4.69, 9.17) is 0 Å². The zero-order chi connectivity index (χ0) is 13.5. The summed E-state index contributed by atoms with van der Waals surface area (Å²) < 4.78 is 16.3. The molecule has 0 unspecified atom stereocenters. The van der Waals surface area contributed by atoms with E-state index in [2.05, 4.69) is 6.07 Å². The quantitative estimate of drug-likeness (QED) is 0.459. The van der Waals surface area contributed by atoms with E-state index in [9.17, 15) is 4.39 Å². The first-order chi connectivity index (χ1) is 9.83. The Bertz CT molecular complexity index is 921. The molecule has 2 heteroatoms. The summed E-state index contributed by atoms with van der Waals surface area (Å²) in [7, 11) is 0. The number of hydrogen-bond acceptors (Lipinski definition) is 0. The highest BCUT2D eigenvalue weighted by Crippen LogP contribution is 2.29. The maximum atomic E-state index is 14.5. The Labute approximate surface area is 115 Å². The molecule has 0 N–H and O–H groups in total.